The van der Waals surface area contributed by atoms with E-state index < -0.39 is 0 Å². The van der Waals surface area contributed by atoms with Gasteiger partial charge >= 0.3 is 0 Å². The highest BCUT2D eigenvalue weighted by atomic mass is 14.6. The van der Waals surface area contributed by atoms with Gasteiger partial charge in [0.15, 0.2) is 0 Å². The Morgan fingerprint density at radius 1 is 1.08 bits per heavy atom. The summed E-state index contributed by atoms with van der Waals surface area (Å²) in [4.78, 5) is 0. The Balaban J connectivity index is 0.000000254. The number of hydrogen-bond donors (Lipinski definition) is 2. The molecule has 0 radical (unpaired) electrons. The van der Waals surface area contributed by atoms with Gasteiger partial charge in [0.05, 0.1) is 0 Å². The average Bonchev–Trinajstić information content (AvgIpc) is 2.57. The highest BCUT2D eigenvalue weighted by Crippen LogP contribution is 2.18. The Kier molecular flexibility index (Phi) is 8.42. The van der Waals surface area contributed by atoms with Crippen LogP contribution in [0.5, 0.6) is 0 Å². The van der Waals surface area contributed by atoms with Crippen molar-refractivity contribution in [3.63, 3.8) is 0 Å². The minimum atomic E-state index is 0.728. The fourth-order valence-electron chi connectivity index (χ4n) is 2.31. The van der Waals surface area contributed by atoms with Crippen LogP contribution in [0.1, 0.15) is 43.4 Å². The molecule has 4 N–H and O–H groups in total. The van der Waals surface area contributed by atoms with Gasteiger partial charge in [0.25, 0.3) is 0 Å². The summed E-state index contributed by atoms with van der Waals surface area (Å²) in [5.41, 5.74) is 17.9. The van der Waals surface area contributed by atoms with Gasteiger partial charge in [-0.3, -0.25) is 0 Å². The minimum Gasteiger partial charge on any atom is -0.399 e. The third-order valence-corrected chi connectivity index (χ3v) is 3.84. The molecule has 0 aliphatic carbocycles. The molecule has 0 aliphatic rings. The molecule has 0 saturated heterocycles. The third-order valence-electron chi connectivity index (χ3n) is 3.84. The fourth-order valence-corrected chi connectivity index (χ4v) is 2.31. The van der Waals surface area contributed by atoms with Crippen LogP contribution < -0.4 is 11.5 Å². The predicted molar refractivity (Wildman–Crippen MR) is 109 cm³/mol. The zero-order valence-electron chi connectivity index (χ0n) is 15.0. The molecule has 2 aromatic rings. The zero-order chi connectivity index (χ0) is 17.9. The Morgan fingerprint density at radius 2 is 1.75 bits per heavy atom. The lowest BCUT2D eigenvalue weighted by Crippen LogP contribution is -1.96. The lowest BCUT2D eigenvalue weighted by molar-refractivity contribution is 0.815. The van der Waals surface area contributed by atoms with Crippen molar-refractivity contribution in [1.82, 2.24) is 0 Å². The van der Waals surface area contributed by atoms with E-state index in [2.05, 4.69) is 44.3 Å². The quantitative estimate of drug-likeness (QED) is 0.534. The first-order valence-electron chi connectivity index (χ1n) is 8.45. The normalized spacial score (nSPS) is 9.75. The summed E-state index contributed by atoms with van der Waals surface area (Å²) in [7, 11) is 0. The van der Waals surface area contributed by atoms with E-state index in [1.807, 2.05) is 31.2 Å². The monoisotopic (exact) mass is 322 g/mol. The standard InChI is InChI=1S/C12H18N2.C10H12/c1-9(2)4-3-5-10-6-7-11(13)8-12(10)14;1-3-9-5-7-10(4-2)8-6-9/h6-8H,1,3-5,13-14H2,2H3;3,5-8H,1,4H2,2H3. The van der Waals surface area contributed by atoms with Crippen molar-refractivity contribution in [2.24, 2.45) is 0 Å². The van der Waals surface area contributed by atoms with Crippen LogP contribution in [0.4, 0.5) is 11.4 Å². The summed E-state index contributed by atoms with van der Waals surface area (Å²) in [5.74, 6) is 0. The molecule has 0 bridgehead atoms. The van der Waals surface area contributed by atoms with Gasteiger partial charge in [-0.1, -0.05) is 55.5 Å². The van der Waals surface area contributed by atoms with E-state index in [1.54, 1.807) is 0 Å². The van der Waals surface area contributed by atoms with Crippen molar-refractivity contribution in [3.8, 4) is 0 Å². The molecule has 0 saturated carbocycles. The van der Waals surface area contributed by atoms with Crippen LogP contribution >= 0.6 is 0 Å². The first kappa shape index (κ1) is 19.6. The van der Waals surface area contributed by atoms with Gasteiger partial charge in [0.1, 0.15) is 0 Å². The number of anilines is 2. The highest BCUT2D eigenvalue weighted by molar-refractivity contribution is 5.56. The molecule has 2 aromatic carbocycles. The van der Waals surface area contributed by atoms with Gasteiger partial charge in [-0.2, -0.15) is 0 Å². The first-order valence-corrected chi connectivity index (χ1v) is 8.45. The Hall–Kier alpha value is -2.48. The Labute approximate surface area is 146 Å². The van der Waals surface area contributed by atoms with Gasteiger partial charge in [0.2, 0.25) is 0 Å². The molecular formula is C22H30N2. The summed E-state index contributed by atoms with van der Waals surface area (Å²) in [5, 5.41) is 0. The van der Waals surface area contributed by atoms with Gasteiger partial charge in [-0.25, -0.2) is 0 Å². The van der Waals surface area contributed by atoms with E-state index >= 15 is 0 Å². The van der Waals surface area contributed by atoms with Crippen LogP contribution in [-0.2, 0) is 12.8 Å². The number of hydrogen-bond acceptors (Lipinski definition) is 2. The Bertz CT molecular complexity index is 654. The molecule has 0 heterocycles. The van der Waals surface area contributed by atoms with E-state index in [4.69, 9.17) is 11.5 Å². The minimum absolute atomic E-state index is 0.728. The molecule has 0 aliphatic heterocycles. The van der Waals surface area contributed by atoms with Crippen LogP contribution in [0.3, 0.4) is 0 Å². The van der Waals surface area contributed by atoms with Crippen molar-refractivity contribution in [1.29, 1.82) is 0 Å². The lowest BCUT2D eigenvalue weighted by Gasteiger charge is -2.06. The molecule has 0 spiro atoms. The molecule has 2 heteroatoms. The largest absolute Gasteiger partial charge is 0.399 e. The number of rotatable bonds is 6. The summed E-state index contributed by atoms with van der Waals surface area (Å²) >= 11 is 0. The first-order chi connectivity index (χ1) is 11.5. The Morgan fingerprint density at radius 3 is 2.25 bits per heavy atom. The van der Waals surface area contributed by atoms with Crippen LogP contribution in [0.25, 0.3) is 6.08 Å². The molecule has 0 aromatic heterocycles. The maximum Gasteiger partial charge on any atom is 0.0367 e. The van der Waals surface area contributed by atoms with E-state index in [0.29, 0.717) is 0 Å². The van der Waals surface area contributed by atoms with E-state index in [-0.39, 0.29) is 0 Å². The van der Waals surface area contributed by atoms with E-state index in [9.17, 15) is 0 Å². The zero-order valence-corrected chi connectivity index (χ0v) is 15.0. The molecule has 2 rings (SSSR count). The molecule has 0 fully saturated rings. The molecule has 0 atom stereocenters. The van der Waals surface area contributed by atoms with Crippen molar-refractivity contribution in [2.75, 3.05) is 11.5 Å². The van der Waals surface area contributed by atoms with Crippen LogP contribution in [0.2, 0.25) is 0 Å². The topological polar surface area (TPSA) is 52.0 Å². The average molecular weight is 322 g/mol. The van der Waals surface area contributed by atoms with Gasteiger partial charge in [-0.15, -0.1) is 6.58 Å². The summed E-state index contributed by atoms with van der Waals surface area (Å²) in [6, 6.07) is 14.2. The fraction of sp³-hybridized carbons (Fsp3) is 0.273. The maximum absolute atomic E-state index is 5.84. The SMILES string of the molecule is C=C(C)CCCc1ccc(N)cc1N.C=Cc1ccc(CC)cc1. The van der Waals surface area contributed by atoms with Gasteiger partial charge < -0.3 is 11.5 Å². The molecule has 0 unspecified atom stereocenters. The number of allylic oxidation sites excluding steroid dienone is 1. The lowest BCUT2D eigenvalue weighted by atomic mass is 10.0. The van der Waals surface area contributed by atoms with Gasteiger partial charge in [0, 0.05) is 11.4 Å². The number of nitrogen functional groups attached to an aromatic ring is 2. The number of nitrogens with two attached hydrogens (primary N) is 2. The van der Waals surface area contributed by atoms with Crippen LogP contribution in [0.15, 0.2) is 61.2 Å². The van der Waals surface area contributed by atoms with Crippen LogP contribution in [-0.4, -0.2) is 0 Å². The van der Waals surface area contributed by atoms with E-state index in [1.165, 1.54) is 22.3 Å². The smallest absolute Gasteiger partial charge is 0.0367 e. The summed E-state index contributed by atoms with van der Waals surface area (Å²) < 4.78 is 0. The number of aryl methyl sites for hydroxylation is 2. The van der Waals surface area contributed by atoms with Crippen molar-refractivity contribution >= 4 is 17.5 Å². The van der Waals surface area contributed by atoms with Crippen molar-refractivity contribution in [2.45, 2.75) is 39.5 Å². The van der Waals surface area contributed by atoms with Crippen molar-refractivity contribution in [3.05, 3.63) is 77.9 Å². The maximum atomic E-state index is 5.84. The molecule has 24 heavy (non-hydrogen) atoms. The highest BCUT2D eigenvalue weighted by Gasteiger charge is 1.99. The second-order valence-electron chi connectivity index (χ2n) is 6.07. The molecule has 128 valence electrons. The van der Waals surface area contributed by atoms with Gasteiger partial charge in [-0.05, 0) is 61.4 Å². The van der Waals surface area contributed by atoms with Crippen LogP contribution in [0, 0.1) is 0 Å². The molecule has 2 nitrogen and oxygen atoms in total. The summed E-state index contributed by atoms with van der Waals surface area (Å²) in [6.45, 7) is 11.8. The molecular weight excluding hydrogens is 292 g/mol. The third kappa shape index (κ3) is 7.19. The van der Waals surface area contributed by atoms with Crippen molar-refractivity contribution < 1.29 is 0 Å². The molecule has 0 amide bonds. The predicted octanol–water partition coefficient (Wildman–Crippen LogP) is 5.64. The van der Waals surface area contributed by atoms with E-state index in [0.717, 1.165) is 37.1 Å². The second-order valence-corrected chi connectivity index (χ2v) is 6.07. The number of benzene rings is 2. The summed E-state index contributed by atoms with van der Waals surface area (Å²) in [6.07, 6.45) is 6.13. The second kappa shape index (κ2) is 10.3.